The van der Waals surface area contributed by atoms with Gasteiger partial charge in [-0.25, -0.2) is 13.2 Å². The van der Waals surface area contributed by atoms with Crippen molar-refractivity contribution in [2.45, 2.75) is 6.92 Å². The maximum atomic E-state index is 13.7. The van der Waals surface area contributed by atoms with Gasteiger partial charge in [0.05, 0.1) is 5.69 Å². The van der Waals surface area contributed by atoms with Gasteiger partial charge in [-0.15, -0.1) is 0 Å². The zero-order valence-corrected chi connectivity index (χ0v) is 9.10. The molecule has 2 rings (SSSR count). The van der Waals surface area contributed by atoms with Crippen LogP contribution in [-0.2, 0) is 0 Å². The van der Waals surface area contributed by atoms with Gasteiger partial charge in [-0.05, 0) is 30.2 Å². The van der Waals surface area contributed by atoms with E-state index in [1.54, 1.807) is 0 Å². The van der Waals surface area contributed by atoms with Crippen LogP contribution in [-0.4, -0.2) is 0 Å². The van der Waals surface area contributed by atoms with Gasteiger partial charge in [0.2, 0.25) is 0 Å². The number of hydrogen-bond donors (Lipinski definition) is 1. The highest BCUT2D eigenvalue weighted by Gasteiger charge is 2.13. The standard InChI is InChI=1S/C13H10F3N/c1-7-2-4-9(13(16)12(7)15)8-3-5-11(17)10(14)6-8/h2-6H,17H2,1H3. The highest BCUT2D eigenvalue weighted by atomic mass is 19.2. The first-order chi connectivity index (χ1) is 8.00. The maximum absolute atomic E-state index is 13.7. The molecule has 0 aliphatic heterocycles. The van der Waals surface area contributed by atoms with Gasteiger partial charge in [-0.2, -0.15) is 0 Å². The second-order valence-electron chi connectivity index (χ2n) is 3.79. The van der Waals surface area contributed by atoms with Gasteiger partial charge in [-0.1, -0.05) is 18.2 Å². The van der Waals surface area contributed by atoms with Crippen molar-refractivity contribution in [2.75, 3.05) is 5.73 Å². The van der Waals surface area contributed by atoms with E-state index in [1.165, 1.54) is 31.2 Å². The first-order valence-corrected chi connectivity index (χ1v) is 5.00. The molecule has 17 heavy (non-hydrogen) atoms. The normalized spacial score (nSPS) is 10.6. The Kier molecular flexibility index (Phi) is 2.79. The van der Waals surface area contributed by atoms with Gasteiger partial charge >= 0.3 is 0 Å². The lowest BCUT2D eigenvalue weighted by atomic mass is 10.0. The summed E-state index contributed by atoms with van der Waals surface area (Å²) in [5.74, 6) is -2.54. The highest BCUT2D eigenvalue weighted by molar-refractivity contribution is 5.67. The molecule has 88 valence electrons. The van der Waals surface area contributed by atoms with Crippen LogP contribution in [0.5, 0.6) is 0 Å². The molecule has 0 unspecified atom stereocenters. The maximum Gasteiger partial charge on any atom is 0.166 e. The van der Waals surface area contributed by atoms with E-state index in [2.05, 4.69) is 0 Å². The average Bonchev–Trinajstić information content (AvgIpc) is 2.30. The Morgan fingerprint density at radius 2 is 1.65 bits per heavy atom. The molecular formula is C13H10F3N. The molecule has 0 heterocycles. The fourth-order valence-electron chi connectivity index (χ4n) is 1.56. The minimum atomic E-state index is -0.978. The lowest BCUT2D eigenvalue weighted by Crippen LogP contribution is -1.95. The van der Waals surface area contributed by atoms with Gasteiger partial charge in [-0.3, -0.25) is 0 Å². The Balaban J connectivity index is 2.61. The monoisotopic (exact) mass is 237 g/mol. The lowest BCUT2D eigenvalue weighted by Gasteiger charge is -2.07. The Hall–Kier alpha value is -1.97. The molecule has 0 saturated carbocycles. The SMILES string of the molecule is Cc1ccc(-c2ccc(N)c(F)c2)c(F)c1F. The number of anilines is 1. The van der Waals surface area contributed by atoms with Crippen LogP contribution in [0, 0.1) is 24.4 Å². The molecule has 0 aliphatic rings. The van der Waals surface area contributed by atoms with Crippen LogP contribution in [0.15, 0.2) is 30.3 Å². The van der Waals surface area contributed by atoms with Crippen LogP contribution >= 0.6 is 0 Å². The molecule has 0 spiro atoms. The second kappa shape index (κ2) is 4.13. The summed E-state index contributed by atoms with van der Waals surface area (Å²) in [5, 5.41) is 0. The zero-order chi connectivity index (χ0) is 12.6. The van der Waals surface area contributed by atoms with E-state index in [9.17, 15) is 13.2 Å². The van der Waals surface area contributed by atoms with Crippen molar-refractivity contribution >= 4 is 5.69 Å². The summed E-state index contributed by atoms with van der Waals surface area (Å²) in [6, 6.07) is 6.72. The molecule has 2 aromatic carbocycles. The molecule has 0 amide bonds. The topological polar surface area (TPSA) is 26.0 Å². The van der Waals surface area contributed by atoms with Gasteiger partial charge in [0.25, 0.3) is 0 Å². The van der Waals surface area contributed by atoms with Crippen molar-refractivity contribution in [3.63, 3.8) is 0 Å². The lowest BCUT2D eigenvalue weighted by molar-refractivity contribution is 0.505. The third kappa shape index (κ3) is 1.98. The van der Waals surface area contributed by atoms with Gasteiger partial charge in [0, 0.05) is 5.56 Å². The van der Waals surface area contributed by atoms with E-state index in [4.69, 9.17) is 5.73 Å². The first-order valence-electron chi connectivity index (χ1n) is 5.00. The van der Waals surface area contributed by atoms with E-state index in [1.807, 2.05) is 0 Å². The number of rotatable bonds is 1. The molecule has 0 atom stereocenters. The van der Waals surface area contributed by atoms with Gasteiger partial charge < -0.3 is 5.73 Å². The molecule has 2 aromatic rings. The third-order valence-electron chi connectivity index (χ3n) is 2.59. The Morgan fingerprint density at radius 1 is 0.941 bits per heavy atom. The molecule has 2 N–H and O–H groups in total. The zero-order valence-electron chi connectivity index (χ0n) is 9.10. The Bertz CT molecular complexity index is 579. The van der Waals surface area contributed by atoms with E-state index in [0.29, 0.717) is 0 Å². The molecule has 0 saturated heterocycles. The van der Waals surface area contributed by atoms with Crippen LogP contribution in [0.3, 0.4) is 0 Å². The molecule has 0 bridgehead atoms. The summed E-state index contributed by atoms with van der Waals surface area (Å²) in [6.07, 6.45) is 0. The predicted molar refractivity (Wildman–Crippen MR) is 60.9 cm³/mol. The number of nitrogen functional groups attached to an aromatic ring is 1. The van der Waals surface area contributed by atoms with E-state index in [-0.39, 0.29) is 22.4 Å². The molecule has 0 aromatic heterocycles. The summed E-state index contributed by atoms with van der Waals surface area (Å²) < 4.78 is 40.3. The summed E-state index contributed by atoms with van der Waals surface area (Å²) in [6.45, 7) is 1.46. The molecular weight excluding hydrogens is 227 g/mol. The summed E-state index contributed by atoms with van der Waals surface area (Å²) in [5.41, 5.74) is 5.78. The Morgan fingerprint density at radius 3 is 2.29 bits per heavy atom. The molecule has 4 heteroatoms. The van der Waals surface area contributed by atoms with Crippen molar-refractivity contribution in [1.82, 2.24) is 0 Å². The van der Waals surface area contributed by atoms with Crippen molar-refractivity contribution in [1.29, 1.82) is 0 Å². The van der Waals surface area contributed by atoms with Crippen LogP contribution in [0.1, 0.15) is 5.56 Å². The van der Waals surface area contributed by atoms with Crippen molar-refractivity contribution < 1.29 is 13.2 Å². The largest absolute Gasteiger partial charge is 0.396 e. The van der Waals surface area contributed by atoms with Crippen LogP contribution < -0.4 is 5.73 Å². The van der Waals surface area contributed by atoms with Gasteiger partial charge in [0.1, 0.15) is 5.82 Å². The number of aryl methyl sites for hydroxylation is 1. The smallest absolute Gasteiger partial charge is 0.166 e. The number of benzene rings is 2. The quantitative estimate of drug-likeness (QED) is 0.752. The summed E-state index contributed by atoms with van der Waals surface area (Å²) >= 11 is 0. The van der Waals surface area contributed by atoms with Gasteiger partial charge in [0.15, 0.2) is 11.6 Å². The highest BCUT2D eigenvalue weighted by Crippen LogP contribution is 2.27. The third-order valence-corrected chi connectivity index (χ3v) is 2.59. The van der Waals surface area contributed by atoms with Crippen molar-refractivity contribution in [3.8, 4) is 11.1 Å². The number of nitrogens with two attached hydrogens (primary N) is 1. The fraction of sp³-hybridized carbons (Fsp3) is 0.0769. The van der Waals surface area contributed by atoms with Crippen LogP contribution in [0.4, 0.5) is 18.9 Å². The van der Waals surface area contributed by atoms with Crippen molar-refractivity contribution in [2.24, 2.45) is 0 Å². The predicted octanol–water partition coefficient (Wildman–Crippen LogP) is 3.66. The number of hydrogen-bond acceptors (Lipinski definition) is 1. The molecule has 0 radical (unpaired) electrons. The van der Waals surface area contributed by atoms with E-state index >= 15 is 0 Å². The molecule has 1 nitrogen and oxygen atoms in total. The Labute approximate surface area is 96.7 Å². The first kappa shape index (κ1) is 11.5. The minimum Gasteiger partial charge on any atom is -0.396 e. The number of halogens is 3. The second-order valence-corrected chi connectivity index (χ2v) is 3.79. The molecule has 0 fully saturated rings. The minimum absolute atomic E-state index is 0.0204. The van der Waals surface area contributed by atoms with Crippen LogP contribution in [0.2, 0.25) is 0 Å². The fourth-order valence-corrected chi connectivity index (χ4v) is 1.56. The van der Waals surface area contributed by atoms with Crippen molar-refractivity contribution in [3.05, 3.63) is 53.3 Å². The summed E-state index contributed by atoms with van der Waals surface area (Å²) in [4.78, 5) is 0. The van der Waals surface area contributed by atoms with E-state index < -0.39 is 17.5 Å². The van der Waals surface area contributed by atoms with Crippen LogP contribution in [0.25, 0.3) is 11.1 Å². The average molecular weight is 237 g/mol. The molecule has 0 aliphatic carbocycles. The summed E-state index contributed by atoms with van der Waals surface area (Å²) in [7, 11) is 0. The van der Waals surface area contributed by atoms with E-state index in [0.717, 1.165) is 6.07 Å².